The highest BCUT2D eigenvalue weighted by Crippen LogP contribution is 2.07. The van der Waals surface area contributed by atoms with E-state index < -0.39 is 0 Å². The Morgan fingerprint density at radius 2 is 1.55 bits per heavy atom. The van der Waals surface area contributed by atoms with E-state index in [1.807, 2.05) is 0 Å². The summed E-state index contributed by atoms with van der Waals surface area (Å²) in [4.78, 5) is 4.95. The van der Waals surface area contributed by atoms with Crippen LogP contribution < -0.4 is 0 Å². The number of nitrogens with zero attached hydrogens (tertiary/aromatic N) is 2. The SMILES string of the molecule is C.CCCN(C)CN1CCCC1.Cc1ccccc1C. The molecule has 0 radical (unpaired) electrons. The zero-order chi connectivity index (χ0) is 14.1. The number of likely N-dealkylation sites (tertiary alicyclic amines) is 1. The van der Waals surface area contributed by atoms with Gasteiger partial charge in [-0.3, -0.25) is 9.80 Å². The third-order valence-electron chi connectivity index (χ3n) is 3.67. The third-order valence-corrected chi connectivity index (χ3v) is 3.67. The molecule has 0 spiro atoms. The van der Waals surface area contributed by atoms with Crippen LogP contribution in [0.25, 0.3) is 0 Å². The van der Waals surface area contributed by atoms with E-state index in [0.717, 1.165) is 0 Å². The van der Waals surface area contributed by atoms with Gasteiger partial charge in [0.25, 0.3) is 0 Å². The molecule has 0 saturated carbocycles. The van der Waals surface area contributed by atoms with Crippen LogP contribution in [0.2, 0.25) is 0 Å². The molecule has 1 aromatic rings. The molecule has 1 aliphatic heterocycles. The first-order chi connectivity index (χ1) is 9.13. The fourth-order valence-corrected chi connectivity index (χ4v) is 2.38. The average molecular weight is 278 g/mol. The van der Waals surface area contributed by atoms with Crippen LogP contribution in [-0.2, 0) is 0 Å². The third kappa shape index (κ3) is 7.66. The lowest BCUT2D eigenvalue weighted by Crippen LogP contribution is -2.33. The molecule has 0 aromatic heterocycles. The van der Waals surface area contributed by atoms with Crippen molar-refractivity contribution in [1.82, 2.24) is 9.80 Å². The van der Waals surface area contributed by atoms with Crippen molar-refractivity contribution in [3.8, 4) is 0 Å². The summed E-state index contributed by atoms with van der Waals surface area (Å²) < 4.78 is 0. The molecule has 1 fully saturated rings. The lowest BCUT2D eigenvalue weighted by Gasteiger charge is -2.22. The number of rotatable bonds is 4. The molecule has 116 valence electrons. The van der Waals surface area contributed by atoms with Crippen molar-refractivity contribution in [3.63, 3.8) is 0 Å². The van der Waals surface area contributed by atoms with Crippen LogP contribution in [0.15, 0.2) is 24.3 Å². The molecule has 0 atom stereocenters. The number of hydrogen-bond acceptors (Lipinski definition) is 2. The Balaban J connectivity index is 0.000000359. The van der Waals surface area contributed by atoms with Gasteiger partial charge in [0.15, 0.2) is 0 Å². The lowest BCUT2D eigenvalue weighted by atomic mass is 10.1. The van der Waals surface area contributed by atoms with Crippen molar-refractivity contribution in [2.24, 2.45) is 0 Å². The Morgan fingerprint density at radius 3 is 1.95 bits per heavy atom. The first-order valence-corrected chi connectivity index (χ1v) is 7.56. The van der Waals surface area contributed by atoms with E-state index in [0.29, 0.717) is 0 Å². The van der Waals surface area contributed by atoms with Gasteiger partial charge < -0.3 is 0 Å². The molecule has 0 aliphatic carbocycles. The maximum atomic E-state index is 2.54. The van der Waals surface area contributed by atoms with Crippen LogP contribution in [0.3, 0.4) is 0 Å². The summed E-state index contributed by atoms with van der Waals surface area (Å²) in [5.41, 5.74) is 2.74. The summed E-state index contributed by atoms with van der Waals surface area (Å²) in [6, 6.07) is 8.36. The Hall–Kier alpha value is -0.860. The van der Waals surface area contributed by atoms with E-state index in [4.69, 9.17) is 0 Å². The molecule has 1 aromatic carbocycles. The second kappa shape index (κ2) is 10.9. The smallest absolute Gasteiger partial charge is 0.0503 e. The molecule has 20 heavy (non-hydrogen) atoms. The molecular formula is C18H34N2. The van der Waals surface area contributed by atoms with Gasteiger partial charge in [-0.2, -0.15) is 0 Å². The van der Waals surface area contributed by atoms with Crippen molar-refractivity contribution in [1.29, 1.82) is 0 Å². The molecule has 2 nitrogen and oxygen atoms in total. The van der Waals surface area contributed by atoms with Crippen LogP contribution in [0.5, 0.6) is 0 Å². The Labute approximate surface area is 126 Å². The Kier molecular flexibility index (Phi) is 10.4. The number of hydrogen-bond donors (Lipinski definition) is 0. The van der Waals surface area contributed by atoms with Crippen LogP contribution in [0.4, 0.5) is 0 Å². The predicted octanol–water partition coefficient (Wildman–Crippen LogP) is 4.32. The summed E-state index contributed by atoms with van der Waals surface area (Å²) in [6.07, 6.45) is 4.07. The van der Waals surface area contributed by atoms with Crippen LogP contribution in [-0.4, -0.2) is 43.2 Å². The minimum absolute atomic E-state index is 0. The summed E-state index contributed by atoms with van der Waals surface area (Å²) in [5.74, 6) is 0. The highest BCUT2D eigenvalue weighted by Gasteiger charge is 2.12. The van der Waals surface area contributed by atoms with Gasteiger partial charge in [0, 0.05) is 0 Å². The van der Waals surface area contributed by atoms with Gasteiger partial charge in [0.1, 0.15) is 0 Å². The van der Waals surface area contributed by atoms with E-state index in [1.54, 1.807) is 0 Å². The van der Waals surface area contributed by atoms with Crippen LogP contribution in [0, 0.1) is 13.8 Å². The van der Waals surface area contributed by atoms with Gasteiger partial charge in [-0.1, -0.05) is 38.6 Å². The molecule has 1 aliphatic rings. The zero-order valence-electron chi connectivity index (χ0n) is 13.2. The highest BCUT2D eigenvalue weighted by atomic mass is 15.3. The normalized spacial score (nSPS) is 14.7. The lowest BCUT2D eigenvalue weighted by molar-refractivity contribution is 0.183. The number of aryl methyl sites for hydroxylation is 2. The maximum absolute atomic E-state index is 2.54. The van der Waals surface area contributed by atoms with E-state index in [1.165, 1.54) is 56.7 Å². The van der Waals surface area contributed by atoms with E-state index >= 15 is 0 Å². The topological polar surface area (TPSA) is 6.48 Å². The van der Waals surface area contributed by atoms with E-state index in [-0.39, 0.29) is 7.43 Å². The van der Waals surface area contributed by atoms with Gasteiger partial charge in [-0.15, -0.1) is 0 Å². The summed E-state index contributed by atoms with van der Waals surface area (Å²) in [5, 5.41) is 0. The monoisotopic (exact) mass is 278 g/mol. The Bertz CT molecular complexity index is 322. The molecule has 0 unspecified atom stereocenters. The standard InChI is InChI=1S/C9H20N2.C8H10.CH4/c1-3-6-10(2)9-11-7-4-5-8-11;1-7-5-3-4-6-8(7)2;/h3-9H2,1-2H3;3-6H,1-2H3;1H4. The molecule has 2 heteroatoms. The molecule has 1 heterocycles. The average Bonchev–Trinajstić information content (AvgIpc) is 2.87. The fraction of sp³-hybridized carbons (Fsp3) is 0.667. The second-order valence-corrected chi connectivity index (χ2v) is 5.63. The highest BCUT2D eigenvalue weighted by molar-refractivity contribution is 5.23. The summed E-state index contributed by atoms with van der Waals surface area (Å²) in [7, 11) is 2.21. The maximum Gasteiger partial charge on any atom is 0.0503 e. The fourth-order valence-electron chi connectivity index (χ4n) is 2.38. The van der Waals surface area contributed by atoms with Gasteiger partial charge in [0.2, 0.25) is 0 Å². The largest absolute Gasteiger partial charge is 0.294 e. The summed E-state index contributed by atoms with van der Waals surface area (Å²) >= 11 is 0. The quantitative estimate of drug-likeness (QED) is 0.809. The molecular weight excluding hydrogens is 244 g/mol. The Morgan fingerprint density at radius 1 is 1.05 bits per heavy atom. The second-order valence-electron chi connectivity index (χ2n) is 5.63. The van der Waals surface area contributed by atoms with Crippen LogP contribution >= 0.6 is 0 Å². The predicted molar refractivity (Wildman–Crippen MR) is 91.2 cm³/mol. The van der Waals surface area contributed by atoms with Crippen LogP contribution in [0.1, 0.15) is 44.7 Å². The van der Waals surface area contributed by atoms with E-state index in [9.17, 15) is 0 Å². The molecule has 1 saturated heterocycles. The first-order valence-electron chi connectivity index (χ1n) is 7.56. The zero-order valence-corrected chi connectivity index (χ0v) is 13.2. The van der Waals surface area contributed by atoms with Gasteiger partial charge in [0.05, 0.1) is 6.67 Å². The first kappa shape index (κ1) is 19.1. The minimum Gasteiger partial charge on any atom is -0.294 e. The number of benzene rings is 1. The minimum atomic E-state index is 0. The van der Waals surface area contributed by atoms with Gasteiger partial charge >= 0.3 is 0 Å². The van der Waals surface area contributed by atoms with Crippen molar-refractivity contribution in [3.05, 3.63) is 35.4 Å². The molecule has 0 N–H and O–H groups in total. The van der Waals surface area contributed by atoms with E-state index in [2.05, 4.69) is 61.9 Å². The van der Waals surface area contributed by atoms with Crippen molar-refractivity contribution < 1.29 is 0 Å². The molecule has 0 amide bonds. The van der Waals surface area contributed by atoms with Gasteiger partial charge in [-0.25, -0.2) is 0 Å². The molecule has 2 rings (SSSR count). The summed E-state index contributed by atoms with van der Waals surface area (Å²) in [6.45, 7) is 11.5. The molecule has 0 bridgehead atoms. The van der Waals surface area contributed by atoms with Gasteiger partial charge in [-0.05, 0) is 70.9 Å². The van der Waals surface area contributed by atoms with Crippen molar-refractivity contribution in [2.45, 2.75) is 47.5 Å². The van der Waals surface area contributed by atoms with Crippen molar-refractivity contribution >= 4 is 0 Å². The van der Waals surface area contributed by atoms with Crippen molar-refractivity contribution in [2.75, 3.05) is 33.4 Å².